The van der Waals surface area contributed by atoms with Gasteiger partial charge in [0.15, 0.2) is 12.1 Å². The molecule has 0 saturated carbocycles. The van der Waals surface area contributed by atoms with Crippen LogP contribution in [0.25, 0.3) is 11.4 Å². The number of nitrogens with two attached hydrogens (primary N) is 1. The molecule has 0 saturated heterocycles. The zero-order valence-corrected chi connectivity index (χ0v) is 17.7. The van der Waals surface area contributed by atoms with Crippen molar-refractivity contribution in [2.24, 2.45) is 0 Å². The normalized spacial score (nSPS) is 10.8. The predicted octanol–water partition coefficient (Wildman–Crippen LogP) is 4.24. The number of rotatable bonds is 11. The standard InChI is InChI=1S/C23H27N5O3/c1-3-29-22(30-4-2)15-31-19-7-5-6-16(13-19)23-26-11-10-21(28-23)27-18-8-9-20(25)17(12-18)14-24/h5-14,22,24H,3-4,15,25H2,1-2H3,(H,26,27,28). The fraction of sp³-hybridized carbons (Fsp3) is 0.261. The van der Waals surface area contributed by atoms with Crippen molar-refractivity contribution in [2.45, 2.75) is 20.1 Å². The number of nitrogen functional groups attached to an aromatic ring is 1. The fourth-order valence-corrected chi connectivity index (χ4v) is 2.90. The van der Waals surface area contributed by atoms with Gasteiger partial charge in [-0.3, -0.25) is 0 Å². The quantitative estimate of drug-likeness (QED) is 0.241. The molecule has 0 fully saturated rings. The molecule has 1 heterocycles. The maximum atomic E-state index is 7.45. The smallest absolute Gasteiger partial charge is 0.191 e. The Morgan fingerprint density at radius 1 is 1.10 bits per heavy atom. The maximum Gasteiger partial charge on any atom is 0.191 e. The van der Waals surface area contributed by atoms with Crippen molar-refractivity contribution in [3.63, 3.8) is 0 Å². The maximum absolute atomic E-state index is 7.45. The van der Waals surface area contributed by atoms with Crippen molar-refractivity contribution in [2.75, 3.05) is 30.9 Å². The molecule has 4 N–H and O–H groups in total. The Kier molecular flexibility index (Phi) is 7.91. The average Bonchev–Trinajstić information content (AvgIpc) is 2.79. The van der Waals surface area contributed by atoms with Crippen LogP contribution in [0.3, 0.4) is 0 Å². The van der Waals surface area contributed by atoms with Crippen LogP contribution in [-0.4, -0.2) is 42.3 Å². The molecular formula is C23H27N5O3. The van der Waals surface area contributed by atoms with Gasteiger partial charge in [-0.25, -0.2) is 9.97 Å². The molecule has 0 bridgehead atoms. The lowest BCUT2D eigenvalue weighted by Gasteiger charge is -2.17. The minimum Gasteiger partial charge on any atom is -0.488 e. The van der Waals surface area contributed by atoms with E-state index in [0.29, 0.717) is 48.5 Å². The molecule has 3 aromatic rings. The Morgan fingerprint density at radius 2 is 1.90 bits per heavy atom. The van der Waals surface area contributed by atoms with Gasteiger partial charge in [-0.2, -0.15) is 0 Å². The molecule has 1 aromatic heterocycles. The molecule has 0 radical (unpaired) electrons. The molecule has 0 atom stereocenters. The number of aromatic nitrogens is 2. The second kappa shape index (κ2) is 11.1. The third kappa shape index (κ3) is 6.24. The van der Waals surface area contributed by atoms with E-state index in [4.69, 9.17) is 25.4 Å². The Balaban J connectivity index is 1.73. The van der Waals surface area contributed by atoms with E-state index in [1.807, 2.05) is 44.2 Å². The summed E-state index contributed by atoms with van der Waals surface area (Å²) >= 11 is 0. The first kappa shape index (κ1) is 22.2. The molecule has 0 aliphatic heterocycles. The average molecular weight is 422 g/mol. The Bertz CT molecular complexity index is 1010. The van der Waals surface area contributed by atoms with E-state index in [2.05, 4.69) is 15.3 Å². The molecule has 3 rings (SSSR count). The van der Waals surface area contributed by atoms with Crippen molar-refractivity contribution >= 4 is 23.4 Å². The van der Waals surface area contributed by atoms with E-state index in [9.17, 15) is 0 Å². The summed E-state index contributed by atoms with van der Waals surface area (Å²) in [6.45, 7) is 5.23. The Morgan fingerprint density at radius 3 is 2.65 bits per heavy atom. The first-order chi connectivity index (χ1) is 15.1. The van der Waals surface area contributed by atoms with E-state index in [1.165, 1.54) is 6.21 Å². The van der Waals surface area contributed by atoms with Gasteiger partial charge >= 0.3 is 0 Å². The number of hydrogen-bond acceptors (Lipinski definition) is 8. The highest BCUT2D eigenvalue weighted by molar-refractivity contribution is 5.87. The van der Waals surface area contributed by atoms with Crippen LogP contribution in [0.1, 0.15) is 19.4 Å². The molecule has 162 valence electrons. The highest BCUT2D eigenvalue weighted by Gasteiger charge is 2.10. The number of benzene rings is 2. The summed E-state index contributed by atoms with van der Waals surface area (Å²) in [6, 6.07) is 14.7. The van der Waals surface area contributed by atoms with Gasteiger partial charge in [0, 0.05) is 48.1 Å². The summed E-state index contributed by atoms with van der Waals surface area (Å²) in [5.41, 5.74) is 8.65. The van der Waals surface area contributed by atoms with E-state index < -0.39 is 6.29 Å². The molecule has 31 heavy (non-hydrogen) atoms. The minimum atomic E-state index is -0.409. The molecule has 8 heteroatoms. The second-order valence-electron chi connectivity index (χ2n) is 6.56. The number of ether oxygens (including phenoxy) is 3. The number of nitrogens with one attached hydrogen (secondary N) is 2. The molecule has 0 aliphatic rings. The van der Waals surface area contributed by atoms with E-state index in [0.717, 1.165) is 11.3 Å². The molecule has 0 spiro atoms. The van der Waals surface area contributed by atoms with Gasteiger partial charge in [0.05, 0.1) is 0 Å². The van der Waals surface area contributed by atoms with Crippen molar-refractivity contribution in [1.29, 1.82) is 5.41 Å². The summed E-state index contributed by atoms with van der Waals surface area (Å²) in [5.74, 6) is 1.87. The fourth-order valence-electron chi connectivity index (χ4n) is 2.90. The lowest BCUT2D eigenvalue weighted by molar-refractivity contribution is -0.152. The zero-order chi connectivity index (χ0) is 22.1. The predicted molar refractivity (Wildman–Crippen MR) is 122 cm³/mol. The molecule has 0 aliphatic carbocycles. The van der Waals surface area contributed by atoms with Crippen LogP contribution in [0.2, 0.25) is 0 Å². The number of anilines is 3. The molecule has 0 unspecified atom stereocenters. The Labute approximate surface area is 181 Å². The molecule has 8 nitrogen and oxygen atoms in total. The van der Waals surface area contributed by atoms with Crippen LogP contribution >= 0.6 is 0 Å². The summed E-state index contributed by atoms with van der Waals surface area (Å²) in [4.78, 5) is 8.98. The van der Waals surface area contributed by atoms with Gasteiger partial charge in [-0.1, -0.05) is 12.1 Å². The largest absolute Gasteiger partial charge is 0.488 e. The van der Waals surface area contributed by atoms with Crippen LogP contribution in [0, 0.1) is 5.41 Å². The highest BCUT2D eigenvalue weighted by Crippen LogP contribution is 2.24. The van der Waals surface area contributed by atoms with E-state index >= 15 is 0 Å². The van der Waals surface area contributed by atoms with Crippen LogP contribution < -0.4 is 15.8 Å². The summed E-state index contributed by atoms with van der Waals surface area (Å²) in [6.07, 6.45) is 2.50. The monoisotopic (exact) mass is 421 g/mol. The van der Waals surface area contributed by atoms with Crippen molar-refractivity contribution in [1.82, 2.24) is 9.97 Å². The number of hydrogen-bond donors (Lipinski definition) is 3. The van der Waals surface area contributed by atoms with Crippen molar-refractivity contribution in [3.05, 3.63) is 60.3 Å². The summed E-state index contributed by atoms with van der Waals surface area (Å²) in [7, 11) is 0. The molecule has 2 aromatic carbocycles. The first-order valence-corrected chi connectivity index (χ1v) is 10.1. The Hall–Kier alpha value is -3.49. The van der Waals surface area contributed by atoms with Crippen molar-refractivity contribution in [3.8, 4) is 17.1 Å². The molecule has 0 amide bonds. The van der Waals surface area contributed by atoms with Gasteiger partial charge in [-0.15, -0.1) is 0 Å². The van der Waals surface area contributed by atoms with Crippen LogP contribution in [0.15, 0.2) is 54.7 Å². The SMILES string of the molecule is CCOC(COc1cccc(-c2nccc(Nc3ccc(N)c(C=N)c3)n2)c1)OCC. The second-order valence-corrected chi connectivity index (χ2v) is 6.56. The van der Waals surface area contributed by atoms with Crippen LogP contribution in [0.4, 0.5) is 17.2 Å². The van der Waals surface area contributed by atoms with Gasteiger partial charge in [-0.05, 0) is 50.2 Å². The zero-order valence-electron chi connectivity index (χ0n) is 17.7. The van der Waals surface area contributed by atoms with Gasteiger partial charge in [0.25, 0.3) is 0 Å². The lowest BCUT2D eigenvalue weighted by atomic mass is 10.1. The van der Waals surface area contributed by atoms with Gasteiger partial charge in [0.1, 0.15) is 18.2 Å². The third-order valence-electron chi connectivity index (χ3n) is 4.35. The first-order valence-electron chi connectivity index (χ1n) is 10.1. The van der Waals surface area contributed by atoms with Gasteiger partial charge < -0.3 is 30.7 Å². The topological polar surface area (TPSA) is 115 Å². The number of nitrogens with zero attached hydrogens (tertiary/aromatic N) is 2. The lowest BCUT2D eigenvalue weighted by Crippen LogP contribution is -2.25. The van der Waals surface area contributed by atoms with E-state index in [1.54, 1.807) is 24.4 Å². The summed E-state index contributed by atoms with van der Waals surface area (Å²) in [5, 5.41) is 10.7. The van der Waals surface area contributed by atoms with Crippen molar-refractivity contribution < 1.29 is 14.2 Å². The third-order valence-corrected chi connectivity index (χ3v) is 4.35. The minimum absolute atomic E-state index is 0.292. The van der Waals surface area contributed by atoms with E-state index in [-0.39, 0.29) is 0 Å². The van der Waals surface area contributed by atoms with Crippen LogP contribution in [-0.2, 0) is 9.47 Å². The highest BCUT2D eigenvalue weighted by atomic mass is 16.7. The van der Waals surface area contributed by atoms with Gasteiger partial charge in [0.2, 0.25) is 0 Å². The molecular weight excluding hydrogens is 394 g/mol. The summed E-state index contributed by atoms with van der Waals surface area (Å²) < 4.78 is 16.9. The van der Waals surface area contributed by atoms with Crippen LogP contribution in [0.5, 0.6) is 5.75 Å².